The van der Waals surface area contributed by atoms with E-state index < -0.39 is 0 Å². The summed E-state index contributed by atoms with van der Waals surface area (Å²) in [6.45, 7) is 8.72. The van der Waals surface area contributed by atoms with Crippen molar-refractivity contribution in [2.45, 2.75) is 53.4 Å². The predicted octanol–water partition coefficient (Wildman–Crippen LogP) is 4.99. The molecule has 144 valence electrons. The van der Waals surface area contributed by atoms with Crippen LogP contribution >= 0.6 is 11.3 Å². The summed E-state index contributed by atoms with van der Waals surface area (Å²) in [6, 6.07) is 4.14. The Hall–Kier alpha value is -2.43. The van der Waals surface area contributed by atoms with Gasteiger partial charge in [-0.2, -0.15) is 0 Å². The molecule has 1 heterocycles. The van der Waals surface area contributed by atoms with Gasteiger partial charge in [-0.3, -0.25) is 4.79 Å². The number of unbranched alkanes of at least 4 members (excludes halogenated alkanes) is 3. The van der Waals surface area contributed by atoms with Gasteiger partial charge in [0.05, 0.1) is 5.69 Å². The monoisotopic (exact) mass is 385 g/mol. The van der Waals surface area contributed by atoms with Crippen LogP contribution in [0.25, 0.3) is 0 Å². The minimum absolute atomic E-state index is 0.117. The minimum atomic E-state index is -0.117. The highest BCUT2D eigenvalue weighted by Gasteiger charge is 2.17. The summed E-state index contributed by atoms with van der Waals surface area (Å²) in [7, 11) is 0. The standard InChI is InChI=1S/C21H27N3O2S/c1-14-12-15(2)18(16(3)13-14)24-20(26)19-17(4)23-21(27-19)22-10-8-6-5-7-9-11-25/h9,12-13H,5-8,10H2,1-4H3,(H,22,23)(H,24,26). The first-order valence-electron chi connectivity index (χ1n) is 9.22. The molecule has 6 heteroatoms. The second kappa shape index (κ2) is 10.0. The Morgan fingerprint density at radius 3 is 2.52 bits per heavy atom. The highest BCUT2D eigenvalue weighted by molar-refractivity contribution is 7.17. The van der Waals surface area contributed by atoms with Crippen molar-refractivity contribution in [2.75, 3.05) is 17.2 Å². The van der Waals surface area contributed by atoms with E-state index in [0.717, 1.165) is 59.9 Å². The zero-order valence-electron chi connectivity index (χ0n) is 16.4. The quantitative estimate of drug-likeness (QED) is 0.471. The van der Waals surface area contributed by atoms with Crippen LogP contribution in [0.4, 0.5) is 10.8 Å². The lowest BCUT2D eigenvalue weighted by molar-refractivity contribution is 0.102. The van der Waals surface area contributed by atoms with Crippen LogP contribution in [0.1, 0.15) is 57.7 Å². The number of hydrogen-bond acceptors (Lipinski definition) is 5. The third kappa shape index (κ3) is 6.05. The van der Waals surface area contributed by atoms with Crippen molar-refractivity contribution in [3.8, 4) is 0 Å². The summed E-state index contributed by atoms with van der Waals surface area (Å²) in [6.07, 6.45) is 5.32. The van der Waals surface area contributed by atoms with E-state index in [9.17, 15) is 9.59 Å². The molecule has 0 aliphatic heterocycles. The third-order valence-electron chi connectivity index (χ3n) is 4.30. The molecule has 2 N–H and O–H groups in total. The van der Waals surface area contributed by atoms with Gasteiger partial charge in [0.1, 0.15) is 10.8 Å². The molecule has 0 atom stereocenters. The van der Waals surface area contributed by atoms with Crippen LogP contribution in [0.3, 0.4) is 0 Å². The first kappa shape index (κ1) is 20.9. The fourth-order valence-corrected chi connectivity index (χ4v) is 3.92. The van der Waals surface area contributed by atoms with Gasteiger partial charge in [-0.05, 0) is 64.2 Å². The van der Waals surface area contributed by atoms with Crippen LogP contribution in [0.15, 0.2) is 18.2 Å². The van der Waals surface area contributed by atoms with E-state index in [1.54, 1.807) is 5.94 Å². The van der Waals surface area contributed by atoms with E-state index in [-0.39, 0.29) is 5.91 Å². The Kier molecular flexibility index (Phi) is 7.77. The van der Waals surface area contributed by atoms with Crippen molar-refractivity contribution in [1.29, 1.82) is 0 Å². The van der Waals surface area contributed by atoms with E-state index in [1.165, 1.54) is 23.0 Å². The van der Waals surface area contributed by atoms with Crippen molar-refractivity contribution in [2.24, 2.45) is 0 Å². The number of allylic oxidation sites excluding steroid dienone is 1. The fraction of sp³-hybridized carbons (Fsp3) is 0.429. The summed E-state index contributed by atoms with van der Waals surface area (Å²) in [4.78, 5) is 27.9. The second-order valence-electron chi connectivity index (χ2n) is 6.76. The molecule has 1 amide bonds. The van der Waals surface area contributed by atoms with Crippen LogP contribution < -0.4 is 10.6 Å². The lowest BCUT2D eigenvalue weighted by Crippen LogP contribution is -2.13. The Morgan fingerprint density at radius 2 is 1.85 bits per heavy atom. The Balaban J connectivity index is 1.93. The number of nitrogens with one attached hydrogen (secondary N) is 2. The SMILES string of the molecule is Cc1cc(C)c(NC(=O)c2sc(NCCCCCC=C=O)nc2C)c(C)c1. The van der Waals surface area contributed by atoms with E-state index in [0.29, 0.717) is 4.88 Å². The van der Waals surface area contributed by atoms with Crippen LogP contribution in [0.2, 0.25) is 0 Å². The second-order valence-corrected chi connectivity index (χ2v) is 7.76. The predicted molar refractivity (Wildman–Crippen MR) is 113 cm³/mol. The van der Waals surface area contributed by atoms with Crippen LogP contribution in [-0.2, 0) is 4.79 Å². The molecule has 0 fully saturated rings. The lowest BCUT2D eigenvalue weighted by Gasteiger charge is -2.12. The number of amides is 1. The molecular formula is C21H27N3O2S. The van der Waals surface area contributed by atoms with E-state index in [1.807, 2.05) is 20.8 Å². The van der Waals surface area contributed by atoms with Crippen LogP contribution in [0, 0.1) is 27.7 Å². The molecule has 2 aromatic rings. The van der Waals surface area contributed by atoms with Crippen molar-refractivity contribution in [3.63, 3.8) is 0 Å². The maximum Gasteiger partial charge on any atom is 0.267 e. The van der Waals surface area contributed by atoms with Crippen molar-refractivity contribution in [1.82, 2.24) is 4.98 Å². The molecule has 2 rings (SSSR count). The van der Waals surface area contributed by atoms with Gasteiger partial charge >= 0.3 is 0 Å². The average molecular weight is 386 g/mol. The number of aromatic nitrogens is 1. The van der Waals surface area contributed by atoms with Crippen LogP contribution in [0.5, 0.6) is 0 Å². The van der Waals surface area contributed by atoms with E-state index >= 15 is 0 Å². The molecule has 1 aromatic carbocycles. The first-order valence-corrected chi connectivity index (χ1v) is 10.0. The largest absolute Gasteiger partial charge is 0.361 e. The molecule has 1 aromatic heterocycles. The van der Waals surface area contributed by atoms with E-state index in [2.05, 4.69) is 34.7 Å². The number of benzene rings is 1. The molecule has 0 saturated heterocycles. The molecular weight excluding hydrogens is 358 g/mol. The van der Waals surface area contributed by atoms with Gasteiger partial charge in [0.25, 0.3) is 5.91 Å². The molecule has 5 nitrogen and oxygen atoms in total. The van der Waals surface area contributed by atoms with Crippen molar-refractivity contribution < 1.29 is 9.59 Å². The lowest BCUT2D eigenvalue weighted by atomic mass is 10.1. The van der Waals surface area contributed by atoms with Crippen LogP contribution in [-0.4, -0.2) is 23.4 Å². The van der Waals surface area contributed by atoms with Gasteiger partial charge in [-0.25, -0.2) is 9.78 Å². The number of rotatable bonds is 9. The number of hydrogen-bond donors (Lipinski definition) is 2. The highest BCUT2D eigenvalue weighted by atomic mass is 32.1. The highest BCUT2D eigenvalue weighted by Crippen LogP contribution is 2.26. The number of aryl methyl sites for hydroxylation is 4. The summed E-state index contributed by atoms with van der Waals surface area (Å²) < 4.78 is 0. The van der Waals surface area contributed by atoms with E-state index in [4.69, 9.17) is 0 Å². The Labute approximate surface area is 164 Å². The minimum Gasteiger partial charge on any atom is -0.361 e. The zero-order valence-corrected chi connectivity index (χ0v) is 17.3. The summed E-state index contributed by atoms with van der Waals surface area (Å²) >= 11 is 1.38. The molecule has 27 heavy (non-hydrogen) atoms. The fourth-order valence-electron chi connectivity index (χ4n) is 3.03. The Morgan fingerprint density at radius 1 is 1.15 bits per heavy atom. The topological polar surface area (TPSA) is 71.1 Å². The molecule has 0 bridgehead atoms. The Bertz CT molecular complexity index is 828. The normalized spacial score (nSPS) is 10.4. The maximum absolute atomic E-state index is 12.7. The van der Waals surface area contributed by atoms with Crippen molar-refractivity contribution >= 4 is 34.0 Å². The maximum atomic E-state index is 12.7. The van der Waals surface area contributed by atoms with Gasteiger partial charge in [-0.1, -0.05) is 35.5 Å². The smallest absolute Gasteiger partial charge is 0.267 e. The van der Waals surface area contributed by atoms with Gasteiger partial charge in [0, 0.05) is 12.2 Å². The third-order valence-corrected chi connectivity index (χ3v) is 5.42. The first-order chi connectivity index (χ1) is 12.9. The summed E-state index contributed by atoms with van der Waals surface area (Å²) in [5, 5.41) is 7.09. The molecule has 0 aliphatic carbocycles. The number of thiazole rings is 1. The molecule has 0 spiro atoms. The van der Waals surface area contributed by atoms with Gasteiger partial charge in [-0.15, -0.1) is 0 Å². The van der Waals surface area contributed by atoms with Gasteiger partial charge in [0.2, 0.25) is 0 Å². The van der Waals surface area contributed by atoms with Gasteiger partial charge < -0.3 is 10.6 Å². The summed E-state index contributed by atoms with van der Waals surface area (Å²) in [5.41, 5.74) is 4.91. The number of anilines is 2. The average Bonchev–Trinajstić information content (AvgIpc) is 2.98. The van der Waals surface area contributed by atoms with Crippen molar-refractivity contribution in [3.05, 3.63) is 45.5 Å². The zero-order chi connectivity index (χ0) is 19.8. The molecule has 0 aliphatic rings. The number of carbonyl (C=O) groups is 1. The molecule has 0 radical (unpaired) electrons. The summed E-state index contributed by atoms with van der Waals surface area (Å²) in [5.74, 6) is 1.68. The molecule has 0 unspecified atom stereocenters. The molecule has 0 saturated carbocycles. The van der Waals surface area contributed by atoms with Gasteiger partial charge in [0.15, 0.2) is 5.13 Å². The number of carbonyl (C=O) groups excluding carboxylic acids is 2. The number of nitrogens with zero attached hydrogens (tertiary/aromatic N) is 1.